The second-order valence-corrected chi connectivity index (χ2v) is 23.4. The van der Waals surface area contributed by atoms with Crippen molar-refractivity contribution >= 4 is 17.9 Å². The van der Waals surface area contributed by atoms with E-state index in [0.717, 1.165) is 77.0 Å². The Labute approximate surface area is 480 Å². The summed E-state index contributed by atoms with van der Waals surface area (Å²) in [7, 11) is 0. The highest BCUT2D eigenvalue weighted by Crippen LogP contribution is 2.18. The number of rotatable bonds is 64. The van der Waals surface area contributed by atoms with E-state index in [1.54, 1.807) is 0 Å². The van der Waals surface area contributed by atoms with Crippen molar-refractivity contribution in [1.82, 2.24) is 0 Å². The van der Waals surface area contributed by atoms with Crippen LogP contribution in [0.2, 0.25) is 0 Å². The van der Waals surface area contributed by atoms with Gasteiger partial charge in [-0.05, 0) is 77.0 Å². The van der Waals surface area contributed by atoms with Crippen LogP contribution in [-0.2, 0) is 28.6 Å². The van der Waals surface area contributed by atoms with Gasteiger partial charge in [-0.25, -0.2) is 0 Å². The van der Waals surface area contributed by atoms with Gasteiger partial charge in [0.2, 0.25) is 0 Å². The van der Waals surface area contributed by atoms with Crippen molar-refractivity contribution in [3.8, 4) is 0 Å². The molecule has 0 rings (SSSR count). The number of carbonyl (C=O) groups excluding carboxylic acids is 3. The molecule has 0 aliphatic heterocycles. The molecule has 0 saturated carbocycles. The molecule has 1 unspecified atom stereocenters. The van der Waals surface area contributed by atoms with Gasteiger partial charge in [0.15, 0.2) is 6.10 Å². The fraction of sp³-hybridized carbons (Fsp3) is 0.873. The molecule has 0 radical (unpaired) electrons. The highest BCUT2D eigenvalue weighted by molar-refractivity contribution is 5.71. The number of allylic oxidation sites excluding steroid dienone is 6. The Kier molecular flexibility index (Phi) is 64.1. The summed E-state index contributed by atoms with van der Waals surface area (Å²) < 4.78 is 16.9. The molecule has 0 saturated heterocycles. The van der Waals surface area contributed by atoms with Crippen LogP contribution in [0.25, 0.3) is 0 Å². The largest absolute Gasteiger partial charge is 0.462 e. The van der Waals surface area contributed by atoms with Crippen LogP contribution in [0.4, 0.5) is 0 Å². The summed E-state index contributed by atoms with van der Waals surface area (Å²) in [6, 6.07) is 0. The van der Waals surface area contributed by atoms with Gasteiger partial charge in [0.1, 0.15) is 13.2 Å². The molecule has 0 aromatic carbocycles. The van der Waals surface area contributed by atoms with E-state index < -0.39 is 6.10 Å². The summed E-state index contributed by atoms with van der Waals surface area (Å²) in [6.45, 7) is 6.63. The maximum absolute atomic E-state index is 12.8. The third kappa shape index (κ3) is 64.3. The standard InChI is InChI=1S/C71H132O6/c1-4-7-10-13-16-19-21-23-25-27-28-29-30-31-32-33-34-35-36-37-38-39-40-41-42-43-44-45-47-48-50-52-55-58-61-64-70(73)76-67-68(66-75-69(72)63-60-57-54-18-15-12-9-6-3)77-71(74)65-62-59-56-53-51-49-46-26-24-22-20-17-14-11-8-5-2/h20,22,26-28,46,68H,4-19,21,23-25,29-45,47-67H2,1-3H3/b22-20-,28-27-,46-26-. The molecule has 0 N–H and O–H groups in total. The van der Waals surface area contributed by atoms with Crippen molar-refractivity contribution in [2.45, 2.75) is 386 Å². The molecule has 0 spiro atoms. The third-order valence-electron chi connectivity index (χ3n) is 15.6. The van der Waals surface area contributed by atoms with Gasteiger partial charge in [0, 0.05) is 19.3 Å². The van der Waals surface area contributed by atoms with Gasteiger partial charge in [0.25, 0.3) is 0 Å². The van der Waals surface area contributed by atoms with Crippen LogP contribution in [0.5, 0.6) is 0 Å². The monoisotopic (exact) mass is 1080 g/mol. The van der Waals surface area contributed by atoms with E-state index in [1.807, 2.05) is 0 Å². The second kappa shape index (κ2) is 66.1. The smallest absolute Gasteiger partial charge is 0.306 e. The zero-order valence-electron chi connectivity index (χ0n) is 52.0. The van der Waals surface area contributed by atoms with E-state index in [9.17, 15) is 14.4 Å². The van der Waals surface area contributed by atoms with Gasteiger partial charge in [-0.2, -0.15) is 0 Å². The number of carbonyl (C=O) groups is 3. The van der Waals surface area contributed by atoms with Crippen molar-refractivity contribution in [1.29, 1.82) is 0 Å². The molecule has 0 aliphatic carbocycles. The minimum Gasteiger partial charge on any atom is -0.462 e. The van der Waals surface area contributed by atoms with Crippen molar-refractivity contribution in [3.63, 3.8) is 0 Å². The molecule has 0 aromatic heterocycles. The van der Waals surface area contributed by atoms with E-state index in [0.29, 0.717) is 19.3 Å². The zero-order valence-corrected chi connectivity index (χ0v) is 52.0. The van der Waals surface area contributed by atoms with Gasteiger partial charge in [0.05, 0.1) is 0 Å². The number of ether oxygens (including phenoxy) is 3. The number of hydrogen-bond acceptors (Lipinski definition) is 6. The van der Waals surface area contributed by atoms with Crippen LogP contribution in [-0.4, -0.2) is 37.2 Å². The van der Waals surface area contributed by atoms with Crippen molar-refractivity contribution in [3.05, 3.63) is 36.5 Å². The van der Waals surface area contributed by atoms with Crippen molar-refractivity contribution in [2.24, 2.45) is 0 Å². The molecule has 0 aliphatic rings. The van der Waals surface area contributed by atoms with Gasteiger partial charge in [-0.15, -0.1) is 0 Å². The van der Waals surface area contributed by atoms with Gasteiger partial charge < -0.3 is 14.2 Å². The average molecular weight is 1080 g/mol. The first-order chi connectivity index (χ1) is 38.0. The highest BCUT2D eigenvalue weighted by atomic mass is 16.6. The number of unbranched alkanes of at least 4 members (excludes halogenated alkanes) is 47. The summed E-state index contributed by atoms with van der Waals surface area (Å²) in [4.78, 5) is 38.1. The molecular formula is C71H132O6. The molecule has 0 heterocycles. The Bertz CT molecular complexity index is 1290. The Balaban J connectivity index is 3.95. The Morgan fingerprint density at radius 2 is 0.468 bits per heavy atom. The molecule has 452 valence electrons. The molecule has 77 heavy (non-hydrogen) atoms. The Hall–Kier alpha value is -2.37. The predicted molar refractivity (Wildman–Crippen MR) is 335 cm³/mol. The summed E-state index contributed by atoms with van der Waals surface area (Å²) in [5, 5.41) is 0. The third-order valence-corrected chi connectivity index (χ3v) is 15.6. The Morgan fingerprint density at radius 3 is 0.740 bits per heavy atom. The molecular weight excluding hydrogens is 949 g/mol. The van der Waals surface area contributed by atoms with E-state index in [2.05, 4.69) is 57.2 Å². The lowest BCUT2D eigenvalue weighted by atomic mass is 10.0. The van der Waals surface area contributed by atoms with Crippen molar-refractivity contribution < 1.29 is 28.6 Å². The summed E-state index contributed by atoms with van der Waals surface area (Å²) in [5.41, 5.74) is 0. The second-order valence-electron chi connectivity index (χ2n) is 23.4. The van der Waals surface area contributed by atoms with E-state index in [-0.39, 0.29) is 31.1 Å². The van der Waals surface area contributed by atoms with Gasteiger partial charge in [-0.1, -0.05) is 320 Å². The van der Waals surface area contributed by atoms with Crippen molar-refractivity contribution in [2.75, 3.05) is 13.2 Å². The first-order valence-corrected chi connectivity index (χ1v) is 34.5. The fourth-order valence-corrected chi connectivity index (χ4v) is 10.4. The van der Waals surface area contributed by atoms with Crippen LogP contribution >= 0.6 is 0 Å². The maximum atomic E-state index is 12.8. The first kappa shape index (κ1) is 74.6. The predicted octanol–water partition coefficient (Wildman–Crippen LogP) is 23.6. The van der Waals surface area contributed by atoms with Crippen LogP contribution in [0, 0.1) is 0 Å². The van der Waals surface area contributed by atoms with Crippen LogP contribution < -0.4 is 0 Å². The topological polar surface area (TPSA) is 78.9 Å². The minimum atomic E-state index is -0.775. The maximum Gasteiger partial charge on any atom is 0.306 e. The minimum absolute atomic E-state index is 0.0730. The summed E-state index contributed by atoms with van der Waals surface area (Å²) in [5.74, 6) is -0.870. The number of esters is 3. The fourth-order valence-electron chi connectivity index (χ4n) is 10.4. The molecule has 6 heteroatoms. The first-order valence-electron chi connectivity index (χ1n) is 34.5. The SMILES string of the molecule is CCCCCC/C=C\C/C=C\CCCCCCCC(=O)OC(COC(=O)CCCCCCCCCC)COC(=O)CCCCCCCCCCCCCCCCCCCCCCCCC/C=C\CCCCCCCCCC. The molecule has 0 aromatic rings. The normalized spacial score (nSPS) is 12.2. The van der Waals surface area contributed by atoms with Gasteiger partial charge >= 0.3 is 17.9 Å². The Morgan fingerprint density at radius 1 is 0.260 bits per heavy atom. The van der Waals surface area contributed by atoms with Crippen LogP contribution in [0.1, 0.15) is 380 Å². The number of hydrogen-bond donors (Lipinski definition) is 0. The summed E-state index contributed by atoms with van der Waals surface area (Å²) in [6.07, 6.45) is 82.1. The molecule has 6 nitrogen and oxygen atoms in total. The molecule has 1 atom stereocenters. The van der Waals surface area contributed by atoms with E-state index in [1.165, 1.54) is 263 Å². The molecule has 0 bridgehead atoms. The van der Waals surface area contributed by atoms with Crippen LogP contribution in [0.3, 0.4) is 0 Å². The summed E-state index contributed by atoms with van der Waals surface area (Å²) >= 11 is 0. The molecule has 0 fully saturated rings. The van der Waals surface area contributed by atoms with Crippen LogP contribution in [0.15, 0.2) is 36.5 Å². The van der Waals surface area contributed by atoms with Gasteiger partial charge in [-0.3, -0.25) is 14.4 Å². The molecule has 0 amide bonds. The quantitative estimate of drug-likeness (QED) is 0.0261. The lowest BCUT2D eigenvalue weighted by Crippen LogP contribution is -2.30. The van der Waals surface area contributed by atoms with E-state index >= 15 is 0 Å². The lowest BCUT2D eigenvalue weighted by Gasteiger charge is -2.18. The average Bonchev–Trinajstić information content (AvgIpc) is 3.43. The zero-order chi connectivity index (χ0) is 55.7. The van der Waals surface area contributed by atoms with E-state index in [4.69, 9.17) is 14.2 Å². The highest BCUT2D eigenvalue weighted by Gasteiger charge is 2.19. The lowest BCUT2D eigenvalue weighted by molar-refractivity contribution is -0.167.